The second-order valence-electron chi connectivity index (χ2n) is 9.70. The molecule has 2 aliphatic rings. The van der Waals surface area contributed by atoms with E-state index in [4.69, 9.17) is 0 Å². The summed E-state index contributed by atoms with van der Waals surface area (Å²) in [5.74, 6) is 0.989. The summed E-state index contributed by atoms with van der Waals surface area (Å²) in [6.07, 6.45) is 7.04. The van der Waals surface area contributed by atoms with Crippen molar-refractivity contribution in [2.45, 2.75) is 51.0 Å². The Morgan fingerprint density at radius 1 is 0.774 bits per heavy atom. The molecule has 3 atom stereocenters. The highest BCUT2D eigenvalue weighted by atomic mass is 28.3. The van der Waals surface area contributed by atoms with Gasteiger partial charge < -0.3 is 0 Å². The second-order valence-corrected chi connectivity index (χ2v) is 13.9. The summed E-state index contributed by atoms with van der Waals surface area (Å²) in [7, 11) is -2.32. The summed E-state index contributed by atoms with van der Waals surface area (Å²) in [6.45, 7) is 1.87. The van der Waals surface area contributed by atoms with Crippen LogP contribution in [-0.4, -0.2) is 13.9 Å². The van der Waals surface area contributed by atoms with E-state index in [1.54, 1.807) is 0 Å². The van der Waals surface area contributed by atoms with E-state index in [0.29, 0.717) is 17.2 Å². The lowest BCUT2D eigenvalue weighted by molar-refractivity contribution is -0.130. The van der Waals surface area contributed by atoms with Crippen molar-refractivity contribution in [2.75, 3.05) is 0 Å². The van der Waals surface area contributed by atoms with Gasteiger partial charge in [-0.25, -0.2) is 0 Å². The van der Waals surface area contributed by atoms with Gasteiger partial charge in [-0.1, -0.05) is 104 Å². The number of fused-ring (bicyclic) bond motifs is 1. The van der Waals surface area contributed by atoms with Crippen molar-refractivity contribution in [1.29, 1.82) is 0 Å². The fourth-order valence-corrected chi connectivity index (χ4v) is 12.9. The Morgan fingerprint density at radius 2 is 1.26 bits per heavy atom. The fraction of sp³-hybridized carbons (Fsp3) is 0.345. The van der Waals surface area contributed by atoms with Crippen LogP contribution >= 0.6 is 0 Å². The molecule has 3 aromatic rings. The molecule has 0 spiro atoms. The number of Topliss-reactive ketones (excluding diaryl/α,β-unsaturated/α-hetero) is 1. The first-order valence-electron chi connectivity index (χ1n) is 11.9. The van der Waals surface area contributed by atoms with Crippen molar-refractivity contribution >= 4 is 29.4 Å². The van der Waals surface area contributed by atoms with Gasteiger partial charge in [-0.2, -0.15) is 0 Å². The first-order chi connectivity index (χ1) is 15.2. The summed E-state index contributed by atoms with van der Waals surface area (Å²) in [5, 5.41) is 4.44. The molecule has 0 unspecified atom stereocenters. The molecule has 31 heavy (non-hydrogen) atoms. The average molecular weight is 425 g/mol. The SMILES string of the molecule is CC(=O)[C@]12CCCC[C@H]1C[C@@H]([Si](c1ccccc1)(c1ccccc1)c1ccccc1)C2. The Balaban J connectivity index is 1.76. The minimum Gasteiger partial charge on any atom is -0.299 e. The van der Waals surface area contributed by atoms with E-state index in [-0.39, 0.29) is 5.41 Å². The van der Waals surface area contributed by atoms with Gasteiger partial charge >= 0.3 is 0 Å². The summed E-state index contributed by atoms with van der Waals surface area (Å²) in [4.78, 5) is 13.1. The normalized spacial score (nSPS) is 25.7. The molecule has 0 radical (unpaired) electrons. The number of hydrogen-bond acceptors (Lipinski definition) is 1. The second kappa shape index (κ2) is 8.24. The van der Waals surface area contributed by atoms with E-state index >= 15 is 0 Å². The van der Waals surface area contributed by atoms with Gasteiger partial charge in [0.2, 0.25) is 0 Å². The van der Waals surface area contributed by atoms with Crippen LogP contribution in [0.15, 0.2) is 91.0 Å². The maximum atomic E-state index is 13.1. The third-order valence-corrected chi connectivity index (χ3v) is 13.8. The van der Waals surface area contributed by atoms with Crippen LogP contribution in [0.1, 0.15) is 45.4 Å². The Bertz CT molecular complexity index is 933. The number of benzene rings is 3. The molecule has 2 aliphatic carbocycles. The molecule has 2 saturated carbocycles. The fourth-order valence-electron chi connectivity index (χ4n) is 7.04. The zero-order valence-electron chi connectivity index (χ0n) is 18.5. The number of hydrogen-bond donors (Lipinski definition) is 0. The third-order valence-electron chi connectivity index (χ3n) is 8.39. The van der Waals surface area contributed by atoms with Crippen molar-refractivity contribution in [1.82, 2.24) is 0 Å². The van der Waals surface area contributed by atoms with Gasteiger partial charge in [-0.05, 0) is 59.6 Å². The molecule has 2 fully saturated rings. The molecule has 5 rings (SSSR count). The largest absolute Gasteiger partial charge is 0.299 e. The van der Waals surface area contributed by atoms with E-state index in [0.717, 1.165) is 12.8 Å². The Labute approximate surface area is 187 Å². The van der Waals surface area contributed by atoms with Gasteiger partial charge in [0.25, 0.3) is 0 Å². The lowest BCUT2D eigenvalue weighted by Gasteiger charge is -2.40. The third kappa shape index (κ3) is 3.24. The topological polar surface area (TPSA) is 17.1 Å². The lowest BCUT2D eigenvalue weighted by atomic mass is 9.66. The van der Waals surface area contributed by atoms with Crippen LogP contribution < -0.4 is 15.6 Å². The van der Waals surface area contributed by atoms with Gasteiger partial charge in [0.15, 0.2) is 8.07 Å². The molecule has 0 N–H and O–H groups in total. The molecule has 3 aromatic carbocycles. The Hall–Kier alpha value is -2.45. The molecule has 158 valence electrons. The molecule has 0 bridgehead atoms. The van der Waals surface area contributed by atoms with Crippen molar-refractivity contribution in [2.24, 2.45) is 11.3 Å². The number of rotatable bonds is 5. The van der Waals surface area contributed by atoms with Crippen LogP contribution in [-0.2, 0) is 4.79 Å². The van der Waals surface area contributed by atoms with Crippen LogP contribution in [0, 0.1) is 11.3 Å². The number of ketones is 1. The Morgan fingerprint density at radius 3 is 1.68 bits per heavy atom. The molecule has 1 nitrogen and oxygen atoms in total. The zero-order valence-corrected chi connectivity index (χ0v) is 19.5. The molecule has 0 heterocycles. The van der Waals surface area contributed by atoms with Crippen molar-refractivity contribution in [3.8, 4) is 0 Å². The van der Waals surface area contributed by atoms with Gasteiger partial charge in [0.1, 0.15) is 5.78 Å². The molecule has 2 heteroatoms. The standard InChI is InChI=1S/C29H32OSi/c1-23(30)29-20-12-11-13-24(29)21-28(22-29)31(25-14-5-2-6-15-25,26-16-7-3-8-17-26)27-18-9-4-10-19-27/h2-10,14-19,24,28H,11-13,20-22H2,1H3/t24-,28+,29+/m0/s1. The molecular weight excluding hydrogens is 392 g/mol. The highest BCUT2D eigenvalue weighted by Gasteiger charge is 2.58. The van der Waals surface area contributed by atoms with Crippen LogP contribution in [0.3, 0.4) is 0 Å². The van der Waals surface area contributed by atoms with Crippen LogP contribution in [0.5, 0.6) is 0 Å². The summed E-state index contributed by atoms with van der Waals surface area (Å²) in [5.41, 5.74) is 0.436. The molecule has 0 amide bonds. The summed E-state index contributed by atoms with van der Waals surface area (Å²) >= 11 is 0. The zero-order chi connectivity index (χ0) is 21.3. The van der Waals surface area contributed by atoms with Crippen molar-refractivity contribution in [3.63, 3.8) is 0 Å². The first kappa shape index (κ1) is 20.4. The van der Waals surface area contributed by atoms with Gasteiger partial charge in [-0.15, -0.1) is 0 Å². The predicted molar refractivity (Wildman–Crippen MR) is 132 cm³/mol. The van der Waals surface area contributed by atoms with Crippen molar-refractivity contribution < 1.29 is 4.79 Å². The molecule has 0 saturated heterocycles. The summed E-state index contributed by atoms with van der Waals surface area (Å²) in [6, 6.07) is 33.7. The Kier molecular flexibility index (Phi) is 5.43. The van der Waals surface area contributed by atoms with Gasteiger partial charge in [0, 0.05) is 5.41 Å². The maximum Gasteiger partial charge on any atom is 0.151 e. The van der Waals surface area contributed by atoms with Crippen LogP contribution in [0.2, 0.25) is 5.54 Å². The van der Waals surface area contributed by atoms with Gasteiger partial charge in [0.05, 0.1) is 0 Å². The molecular formula is C29H32OSi. The average Bonchev–Trinajstić information content (AvgIpc) is 3.23. The number of carbonyl (C=O) groups is 1. The minimum absolute atomic E-state index is 0.0977. The van der Waals surface area contributed by atoms with E-state index in [1.807, 2.05) is 6.92 Å². The van der Waals surface area contributed by atoms with Crippen LogP contribution in [0.25, 0.3) is 0 Å². The predicted octanol–water partition coefficient (Wildman–Crippen LogP) is 5.09. The van der Waals surface area contributed by atoms with Gasteiger partial charge in [-0.3, -0.25) is 4.79 Å². The van der Waals surface area contributed by atoms with E-state index < -0.39 is 8.07 Å². The van der Waals surface area contributed by atoms with E-state index in [9.17, 15) is 4.79 Å². The molecule has 0 aliphatic heterocycles. The lowest BCUT2D eigenvalue weighted by Crippen LogP contribution is -2.69. The minimum atomic E-state index is -2.32. The smallest absolute Gasteiger partial charge is 0.151 e. The van der Waals surface area contributed by atoms with E-state index in [2.05, 4.69) is 91.0 Å². The number of carbonyl (C=O) groups excluding carboxylic acids is 1. The van der Waals surface area contributed by atoms with Crippen molar-refractivity contribution in [3.05, 3.63) is 91.0 Å². The highest BCUT2D eigenvalue weighted by molar-refractivity contribution is 7.12. The highest BCUT2D eigenvalue weighted by Crippen LogP contribution is 2.59. The molecule has 0 aromatic heterocycles. The first-order valence-corrected chi connectivity index (χ1v) is 13.9. The van der Waals surface area contributed by atoms with E-state index in [1.165, 1.54) is 41.2 Å². The maximum absolute atomic E-state index is 13.1. The van der Waals surface area contributed by atoms with Crippen LogP contribution in [0.4, 0.5) is 0 Å². The monoisotopic (exact) mass is 424 g/mol. The summed E-state index contributed by atoms with van der Waals surface area (Å²) < 4.78 is 0. The quantitative estimate of drug-likeness (QED) is 0.412.